The molecule has 2 aromatic rings. The van der Waals surface area contributed by atoms with Crippen molar-refractivity contribution in [2.24, 2.45) is 0 Å². The Morgan fingerprint density at radius 1 is 1.30 bits per heavy atom. The molecule has 0 spiro atoms. The van der Waals surface area contributed by atoms with Crippen LogP contribution in [0, 0.1) is 25.2 Å². The summed E-state index contributed by atoms with van der Waals surface area (Å²) in [5.41, 5.74) is 2.02. The Balaban J connectivity index is 1.92. The average molecular weight is 347 g/mol. The molecule has 0 bridgehead atoms. The van der Waals surface area contributed by atoms with Gasteiger partial charge in [0.25, 0.3) is 0 Å². The van der Waals surface area contributed by atoms with Crippen molar-refractivity contribution in [1.29, 1.82) is 5.26 Å². The lowest BCUT2D eigenvalue weighted by Gasteiger charge is -2.07. The van der Waals surface area contributed by atoms with E-state index in [4.69, 9.17) is 11.6 Å². The highest BCUT2D eigenvalue weighted by Gasteiger charge is 2.12. The topological polar surface area (TPSA) is 78.7 Å². The van der Waals surface area contributed by atoms with E-state index in [9.17, 15) is 10.1 Å². The molecule has 0 radical (unpaired) electrons. The van der Waals surface area contributed by atoms with Crippen LogP contribution in [0.1, 0.15) is 22.6 Å². The van der Waals surface area contributed by atoms with Gasteiger partial charge < -0.3 is 5.32 Å². The third-order valence-electron chi connectivity index (χ3n) is 3.02. The monoisotopic (exact) mass is 346 g/mol. The van der Waals surface area contributed by atoms with Crippen LogP contribution in [0.5, 0.6) is 0 Å². The molecule has 0 saturated heterocycles. The van der Waals surface area contributed by atoms with Crippen LogP contribution >= 0.6 is 23.4 Å². The number of carbonyl (C=O) groups is 1. The molecule has 7 heteroatoms. The van der Waals surface area contributed by atoms with Gasteiger partial charge in [-0.2, -0.15) is 5.26 Å². The molecule has 0 atom stereocenters. The fraction of sp³-hybridized carbons (Fsp3) is 0.250. The predicted octanol–water partition coefficient (Wildman–Crippen LogP) is 3.03. The highest BCUT2D eigenvalue weighted by molar-refractivity contribution is 8.00. The zero-order valence-corrected chi connectivity index (χ0v) is 14.3. The van der Waals surface area contributed by atoms with Gasteiger partial charge in [0.1, 0.15) is 22.5 Å². The molecule has 1 aromatic heterocycles. The summed E-state index contributed by atoms with van der Waals surface area (Å²) in [6.45, 7) is 3.96. The van der Waals surface area contributed by atoms with E-state index < -0.39 is 0 Å². The van der Waals surface area contributed by atoms with Crippen LogP contribution in [0.3, 0.4) is 0 Å². The number of nitriles is 1. The minimum atomic E-state index is -0.122. The summed E-state index contributed by atoms with van der Waals surface area (Å²) in [6.07, 6.45) is 0. The third-order valence-corrected chi connectivity index (χ3v) is 4.25. The van der Waals surface area contributed by atoms with E-state index in [-0.39, 0.29) is 11.7 Å². The van der Waals surface area contributed by atoms with Gasteiger partial charge in [-0.3, -0.25) is 4.79 Å². The van der Waals surface area contributed by atoms with Crippen molar-refractivity contribution >= 4 is 29.3 Å². The number of nitrogens with zero attached hydrogens (tertiary/aromatic N) is 3. The lowest BCUT2D eigenvalue weighted by Crippen LogP contribution is -2.24. The second kappa shape index (κ2) is 7.95. The van der Waals surface area contributed by atoms with E-state index in [0.29, 0.717) is 33.7 Å². The maximum atomic E-state index is 11.9. The maximum absolute atomic E-state index is 11.9. The van der Waals surface area contributed by atoms with Crippen molar-refractivity contribution in [2.75, 3.05) is 5.75 Å². The van der Waals surface area contributed by atoms with Gasteiger partial charge >= 0.3 is 0 Å². The molecule has 0 aliphatic carbocycles. The fourth-order valence-corrected chi connectivity index (χ4v) is 2.93. The average Bonchev–Trinajstić information content (AvgIpc) is 2.52. The molecule has 0 saturated carbocycles. The van der Waals surface area contributed by atoms with Crippen LogP contribution in [0.25, 0.3) is 0 Å². The smallest absolute Gasteiger partial charge is 0.230 e. The number of thioether (sulfide) groups is 1. The summed E-state index contributed by atoms with van der Waals surface area (Å²) in [6, 6.07) is 9.37. The first-order valence-corrected chi connectivity index (χ1v) is 8.25. The van der Waals surface area contributed by atoms with Crippen LogP contribution in [0.2, 0.25) is 5.02 Å². The Morgan fingerprint density at radius 2 is 2.00 bits per heavy atom. The SMILES string of the molecule is Cc1nc(C)c(C#N)c(SCC(=O)NCc2ccc(Cl)cc2)n1. The van der Waals surface area contributed by atoms with Crippen molar-refractivity contribution in [3.05, 3.63) is 51.9 Å². The molecule has 1 heterocycles. The number of halogens is 1. The zero-order valence-electron chi connectivity index (χ0n) is 12.8. The van der Waals surface area contributed by atoms with E-state index in [1.807, 2.05) is 12.1 Å². The largest absolute Gasteiger partial charge is 0.351 e. The molecule has 0 unspecified atom stereocenters. The lowest BCUT2D eigenvalue weighted by molar-refractivity contribution is -0.118. The molecular formula is C16H15ClN4OS. The number of nitrogens with one attached hydrogen (secondary N) is 1. The Hall–Kier alpha value is -2.10. The number of aryl methyl sites for hydroxylation is 2. The molecule has 5 nitrogen and oxygen atoms in total. The second-order valence-electron chi connectivity index (χ2n) is 4.84. The van der Waals surface area contributed by atoms with Crippen molar-refractivity contribution in [1.82, 2.24) is 15.3 Å². The first-order valence-electron chi connectivity index (χ1n) is 6.89. The lowest BCUT2D eigenvalue weighted by atomic mass is 10.2. The van der Waals surface area contributed by atoms with Gasteiger partial charge in [-0.1, -0.05) is 35.5 Å². The summed E-state index contributed by atoms with van der Waals surface area (Å²) in [7, 11) is 0. The van der Waals surface area contributed by atoms with Crippen LogP contribution in [0.4, 0.5) is 0 Å². The van der Waals surface area contributed by atoms with Gasteiger partial charge in [0.05, 0.1) is 11.4 Å². The predicted molar refractivity (Wildman–Crippen MR) is 90.2 cm³/mol. The quantitative estimate of drug-likeness (QED) is 0.665. The van der Waals surface area contributed by atoms with Crippen LogP contribution in [-0.4, -0.2) is 21.6 Å². The molecular weight excluding hydrogens is 332 g/mol. The molecule has 23 heavy (non-hydrogen) atoms. The van der Waals surface area contributed by atoms with E-state index in [1.54, 1.807) is 26.0 Å². The number of benzene rings is 1. The number of hydrogen-bond acceptors (Lipinski definition) is 5. The van der Waals surface area contributed by atoms with E-state index in [1.165, 1.54) is 11.8 Å². The molecule has 0 aliphatic heterocycles. The molecule has 2 rings (SSSR count). The fourth-order valence-electron chi connectivity index (χ4n) is 1.90. The van der Waals surface area contributed by atoms with Gasteiger partial charge in [-0.25, -0.2) is 9.97 Å². The number of carbonyl (C=O) groups excluding carboxylic acids is 1. The summed E-state index contributed by atoms with van der Waals surface area (Å²) in [5.74, 6) is 0.659. The van der Waals surface area contributed by atoms with Gasteiger partial charge in [0.15, 0.2) is 0 Å². The highest BCUT2D eigenvalue weighted by atomic mass is 35.5. The normalized spacial score (nSPS) is 10.2. The van der Waals surface area contributed by atoms with Gasteiger partial charge in [0.2, 0.25) is 5.91 Å². The van der Waals surface area contributed by atoms with Crippen molar-refractivity contribution < 1.29 is 4.79 Å². The van der Waals surface area contributed by atoms with Crippen LogP contribution < -0.4 is 5.32 Å². The maximum Gasteiger partial charge on any atom is 0.230 e. The van der Waals surface area contributed by atoms with E-state index >= 15 is 0 Å². The molecule has 1 amide bonds. The van der Waals surface area contributed by atoms with E-state index in [0.717, 1.165) is 5.56 Å². The molecule has 0 aliphatic rings. The first-order chi connectivity index (χ1) is 11.0. The van der Waals surface area contributed by atoms with Gasteiger partial charge in [0, 0.05) is 11.6 Å². The molecule has 1 aromatic carbocycles. The standard InChI is InChI=1S/C16H15ClN4OS/c1-10-14(7-18)16(21-11(2)20-10)23-9-15(22)19-8-12-3-5-13(17)6-4-12/h3-6H,8-9H2,1-2H3,(H,19,22). The highest BCUT2D eigenvalue weighted by Crippen LogP contribution is 2.21. The summed E-state index contributed by atoms with van der Waals surface area (Å²) in [5, 5.41) is 13.2. The Bertz CT molecular complexity index is 756. The van der Waals surface area contributed by atoms with Crippen molar-refractivity contribution in [3.8, 4) is 6.07 Å². The summed E-state index contributed by atoms with van der Waals surface area (Å²) < 4.78 is 0. The van der Waals surface area contributed by atoms with Crippen LogP contribution in [0.15, 0.2) is 29.3 Å². The first kappa shape index (κ1) is 17.3. The zero-order chi connectivity index (χ0) is 16.8. The number of hydrogen-bond donors (Lipinski definition) is 1. The van der Waals surface area contributed by atoms with E-state index in [2.05, 4.69) is 21.4 Å². The minimum absolute atomic E-state index is 0.122. The second-order valence-corrected chi connectivity index (χ2v) is 6.24. The van der Waals surface area contributed by atoms with Gasteiger partial charge in [-0.15, -0.1) is 0 Å². The number of rotatable bonds is 5. The molecule has 1 N–H and O–H groups in total. The van der Waals surface area contributed by atoms with Crippen LogP contribution in [-0.2, 0) is 11.3 Å². The molecule has 0 fully saturated rings. The third kappa shape index (κ3) is 4.95. The Kier molecular flexibility index (Phi) is 5.97. The van der Waals surface area contributed by atoms with Crippen molar-refractivity contribution in [2.45, 2.75) is 25.4 Å². The Morgan fingerprint density at radius 3 is 2.65 bits per heavy atom. The summed E-state index contributed by atoms with van der Waals surface area (Å²) >= 11 is 7.06. The van der Waals surface area contributed by atoms with Gasteiger partial charge in [-0.05, 0) is 31.5 Å². The number of amides is 1. The Labute approximate surface area is 144 Å². The number of aromatic nitrogens is 2. The summed E-state index contributed by atoms with van der Waals surface area (Å²) in [4.78, 5) is 20.3. The van der Waals surface area contributed by atoms with Crippen molar-refractivity contribution in [3.63, 3.8) is 0 Å². The minimum Gasteiger partial charge on any atom is -0.351 e. The molecule has 118 valence electrons.